The number of aromatic nitrogens is 2. The Balaban J connectivity index is 0.000000284. The van der Waals surface area contributed by atoms with Gasteiger partial charge in [0.2, 0.25) is 0 Å². The molecule has 0 fully saturated rings. The molecule has 0 saturated heterocycles. The second-order valence-electron chi connectivity index (χ2n) is 10.4. The minimum absolute atomic E-state index is 0.163. The first-order valence-electron chi connectivity index (χ1n) is 12.5. The van der Waals surface area contributed by atoms with Gasteiger partial charge in [-0.2, -0.15) is 0 Å². The summed E-state index contributed by atoms with van der Waals surface area (Å²) >= 11 is 6.84. The van der Waals surface area contributed by atoms with Crippen LogP contribution < -0.4 is 5.46 Å². The number of hydrogen-bond donors (Lipinski definition) is 0. The van der Waals surface area contributed by atoms with E-state index in [1.54, 1.807) is 24.5 Å². The van der Waals surface area contributed by atoms with Crippen LogP contribution in [0.2, 0.25) is 0 Å². The molecule has 0 saturated carbocycles. The van der Waals surface area contributed by atoms with Crippen LogP contribution in [0.5, 0.6) is 0 Å². The average molecular weight is 630 g/mol. The van der Waals surface area contributed by atoms with Crippen molar-refractivity contribution in [1.29, 1.82) is 0 Å². The predicted molar refractivity (Wildman–Crippen MR) is 166 cm³/mol. The summed E-state index contributed by atoms with van der Waals surface area (Å²) in [4.78, 5) is 17.0. The molecule has 8 heteroatoms. The summed E-state index contributed by atoms with van der Waals surface area (Å²) in [5.41, 5.74) is 7.19. The second-order valence-corrected chi connectivity index (χ2v) is 12.1. The molecular weight excluding hydrogens is 591 g/mol. The number of nitrogens with zero attached hydrogens (tertiary/aromatic N) is 4. The summed E-state index contributed by atoms with van der Waals surface area (Å²) in [5, 5.41) is 0. The number of pyridine rings is 2. The van der Waals surface area contributed by atoms with Gasteiger partial charge < -0.3 is 0 Å². The van der Waals surface area contributed by atoms with Crippen molar-refractivity contribution < 1.29 is 4.70 Å². The molecule has 0 amide bonds. The summed E-state index contributed by atoms with van der Waals surface area (Å²) in [6.07, 6.45) is 8.76. The van der Waals surface area contributed by atoms with E-state index < -0.39 is 0 Å². The first-order chi connectivity index (χ1) is 17.3. The standard InChI is InChI=1S/C14H18N2.C8H11Br2N.C5H4BNO.C2H6/c1-10-9-12(14(2,3)4)16-13(10)11-5-7-15-8-6-11;1-8(2,3)6-4-5(9)7(10)11-6;8-6-5-1-3-7-4-2-5;1-2/h5-8H,9H2,1-4H3;4H2,1-3H3;1-4H;1-2H3. The maximum absolute atomic E-state index is 9.98. The van der Waals surface area contributed by atoms with Crippen LogP contribution >= 0.6 is 31.9 Å². The molecule has 37 heavy (non-hydrogen) atoms. The molecule has 5 nitrogen and oxygen atoms in total. The van der Waals surface area contributed by atoms with Crippen LogP contribution in [-0.2, 0) is 4.70 Å². The van der Waals surface area contributed by atoms with Gasteiger partial charge in [0.15, 0.2) is 0 Å². The summed E-state index contributed by atoms with van der Waals surface area (Å²) in [5.74, 6) is 0. The number of hydrogen-bond acceptors (Lipinski definition) is 5. The van der Waals surface area contributed by atoms with Gasteiger partial charge in [-0.05, 0) is 40.6 Å². The molecule has 2 aliphatic heterocycles. The van der Waals surface area contributed by atoms with Gasteiger partial charge in [-0.1, -0.05) is 71.3 Å². The van der Waals surface area contributed by atoms with E-state index in [0.717, 1.165) is 34.8 Å². The Morgan fingerprint density at radius 2 is 1.22 bits per heavy atom. The minimum atomic E-state index is 0.163. The Bertz CT molecular complexity index is 1140. The van der Waals surface area contributed by atoms with E-state index in [2.05, 4.69) is 95.3 Å². The van der Waals surface area contributed by atoms with Gasteiger partial charge >= 0.3 is 46.8 Å². The molecule has 0 atom stereocenters. The van der Waals surface area contributed by atoms with Crippen LogP contribution in [0.25, 0.3) is 5.70 Å². The van der Waals surface area contributed by atoms with Gasteiger partial charge in [0.25, 0.3) is 0 Å². The molecule has 0 unspecified atom stereocenters. The molecule has 0 radical (unpaired) electrons. The van der Waals surface area contributed by atoms with Gasteiger partial charge in [0.05, 0.1) is 5.70 Å². The quantitative estimate of drug-likeness (QED) is 0.248. The van der Waals surface area contributed by atoms with Crippen LogP contribution in [0.4, 0.5) is 0 Å². The summed E-state index contributed by atoms with van der Waals surface area (Å²) in [6, 6.07) is 7.36. The Morgan fingerprint density at radius 1 is 0.757 bits per heavy atom. The summed E-state index contributed by atoms with van der Waals surface area (Å²) in [6.45, 7) is 19.4. The molecule has 0 spiro atoms. The van der Waals surface area contributed by atoms with Crippen LogP contribution in [0.3, 0.4) is 0 Å². The topological polar surface area (TPSA) is 67.6 Å². The van der Waals surface area contributed by atoms with Gasteiger partial charge in [-0.25, -0.2) is 4.99 Å². The summed E-state index contributed by atoms with van der Waals surface area (Å²) < 4.78 is 12.1. The van der Waals surface area contributed by atoms with Crippen molar-refractivity contribution >= 4 is 61.6 Å². The van der Waals surface area contributed by atoms with Gasteiger partial charge in [-0.15, -0.1) is 0 Å². The molecule has 2 aliphatic rings. The maximum atomic E-state index is 9.98. The fraction of sp³-hybridized carbons (Fsp3) is 0.448. The zero-order valence-electron chi connectivity index (χ0n) is 23.6. The van der Waals surface area contributed by atoms with Crippen molar-refractivity contribution in [3.8, 4) is 0 Å². The van der Waals surface area contributed by atoms with Gasteiger partial charge in [0, 0.05) is 57.5 Å². The Morgan fingerprint density at radius 3 is 1.54 bits per heavy atom. The Labute approximate surface area is 240 Å². The zero-order chi connectivity index (χ0) is 28.2. The monoisotopic (exact) mass is 628 g/mol. The van der Waals surface area contributed by atoms with E-state index in [9.17, 15) is 4.70 Å². The average Bonchev–Trinajstić information content (AvgIpc) is 3.44. The first-order valence-corrected chi connectivity index (χ1v) is 14.1. The van der Waals surface area contributed by atoms with Crippen molar-refractivity contribution in [3.05, 3.63) is 69.3 Å². The molecular formula is C29H39BBr2N4O. The Hall–Kier alpha value is -2.06. The molecule has 198 valence electrons. The third kappa shape index (κ3) is 11.1. The van der Waals surface area contributed by atoms with E-state index in [4.69, 9.17) is 4.99 Å². The van der Waals surface area contributed by atoms with E-state index in [0.29, 0.717) is 5.46 Å². The zero-order valence-corrected chi connectivity index (χ0v) is 26.7. The number of rotatable bonds is 2. The van der Waals surface area contributed by atoms with Gasteiger partial charge in [-0.3, -0.25) is 9.98 Å². The number of allylic oxidation sites excluding steroid dienone is 2. The fourth-order valence-electron chi connectivity index (χ4n) is 3.17. The molecule has 4 rings (SSSR count). The van der Waals surface area contributed by atoms with E-state index >= 15 is 0 Å². The van der Waals surface area contributed by atoms with Crippen molar-refractivity contribution in [2.24, 2.45) is 20.8 Å². The Kier molecular flexibility index (Phi) is 13.7. The van der Waals surface area contributed by atoms with Crippen LogP contribution in [0.1, 0.15) is 80.7 Å². The second kappa shape index (κ2) is 15.4. The third-order valence-corrected chi connectivity index (χ3v) is 7.23. The first kappa shape index (κ1) is 33.0. The van der Waals surface area contributed by atoms with Crippen molar-refractivity contribution in [2.75, 3.05) is 0 Å². The molecule has 0 bridgehead atoms. The van der Waals surface area contributed by atoms with Crippen molar-refractivity contribution in [1.82, 2.24) is 9.97 Å². The van der Waals surface area contributed by atoms with Crippen LogP contribution in [-0.4, -0.2) is 28.5 Å². The van der Waals surface area contributed by atoms with Crippen molar-refractivity contribution in [2.45, 2.75) is 75.2 Å². The van der Waals surface area contributed by atoms with Crippen LogP contribution in [0, 0.1) is 10.8 Å². The van der Waals surface area contributed by atoms with Crippen LogP contribution in [0.15, 0.2) is 73.7 Å². The summed E-state index contributed by atoms with van der Waals surface area (Å²) in [7, 11) is 0.793. The molecule has 0 aliphatic carbocycles. The molecule has 0 N–H and O–H groups in total. The fourth-order valence-corrected chi connectivity index (χ4v) is 3.88. The number of aliphatic imine (C=N–C) groups is 2. The van der Waals surface area contributed by atoms with Gasteiger partial charge in [0.1, 0.15) is 4.61 Å². The molecule has 2 aromatic rings. The predicted octanol–water partition coefficient (Wildman–Crippen LogP) is 8.32. The van der Waals surface area contributed by atoms with E-state index in [-0.39, 0.29) is 10.8 Å². The number of halogens is 2. The molecule has 4 heterocycles. The molecule has 2 aromatic heterocycles. The molecule has 0 aromatic carbocycles. The SMILES string of the molecule is CC.CC(C)(C)C1=NC(Br)=C(Br)C1.CC1=C(c2ccncc2)N=C(C(C)(C)C)C1.O=Bc1ccncc1. The third-order valence-electron chi connectivity index (χ3n) is 5.39. The normalized spacial score (nSPS) is 14.8. The van der Waals surface area contributed by atoms with E-state index in [1.807, 2.05) is 38.4 Å². The van der Waals surface area contributed by atoms with E-state index in [1.165, 1.54) is 22.6 Å². The van der Waals surface area contributed by atoms with Crippen molar-refractivity contribution in [3.63, 3.8) is 0 Å².